The van der Waals surface area contributed by atoms with E-state index in [-0.39, 0.29) is 24.1 Å². The number of hydrogen-bond donors (Lipinski definition) is 0. The summed E-state index contributed by atoms with van der Waals surface area (Å²) in [5.41, 5.74) is 1.63. The van der Waals surface area contributed by atoms with Crippen molar-refractivity contribution in [1.82, 2.24) is 4.90 Å². The van der Waals surface area contributed by atoms with Gasteiger partial charge in [-0.3, -0.25) is 9.59 Å². The molecule has 1 saturated heterocycles. The third-order valence-electron chi connectivity index (χ3n) is 4.92. The van der Waals surface area contributed by atoms with E-state index in [2.05, 4.69) is 0 Å². The van der Waals surface area contributed by atoms with Crippen molar-refractivity contribution < 1.29 is 18.4 Å². The number of carbonyl (C=O) groups is 2. The molecule has 0 saturated carbocycles. The fourth-order valence-corrected chi connectivity index (χ4v) is 3.68. The largest absolute Gasteiger partial charge is 0.467 e. The number of furan rings is 1. The molecule has 0 aliphatic carbocycles. The molecule has 1 aromatic heterocycles. The Balaban J connectivity index is 1.51. The Hall–Kier alpha value is -2.63. The summed E-state index contributed by atoms with van der Waals surface area (Å²) in [6.07, 6.45) is 3.45. The Bertz CT molecular complexity index is 803. The van der Waals surface area contributed by atoms with E-state index in [0.717, 1.165) is 18.4 Å². The highest BCUT2D eigenvalue weighted by Gasteiger charge is 2.38. The van der Waals surface area contributed by atoms with Gasteiger partial charge in [-0.05, 0) is 42.7 Å². The molecule has 0 unspecified atom stereocenters. The maximum Gasteiger partial charge on any atom is 0.232 e. The van der Waals surface area contributed by atoms with Crippen LogP contribution in [0.25, 0.3) is 0 Å². The molecule has 0 spiro atoms. The molecule has 2 aromatic rings. The van der Waals surface area contributed by atoms with Gasteiger partial charge in [-0.25, -0.2) is 4.39 Å². The lowest BCUT2D eigenvalue weighted by molar-refractivity contribution is -0.129. The summed E-state index contributed by atoms with van der Waals surface area (Å²) in [6.45, 7) is 1.32. The Labute approximate surface area is 145 Å². The highest BCUT2D eigenvalue weighted by molar-refractivity contribution is 5.99. The van der Waals surface area contributed by atoms with Crippen LogP contribution in [-0.4, -0.2) is 29.8 Å². The van der Waals surface area contributed by atoms with Crippen LogP contribution in [0.5, 0.6) is 0 Å². The van der Waals surface area contributed by atoms with Crippen LogP contribution in [-0.2, 0) is 22.6 Å². The molecule has 2 amide bonds. The summed E-state index contributed by atoms with van der Waals surface area (Å²) in [5.74, 6) is -0.183. The van der Waals surface area contributed by atoms with Crippen LogP contribution >= 0.6 is 0 Å². The molecule has 1 atom stereocenters. The van der Waals surface area contributed by atoms with E-state index >= 15 is 0 Å². The van der Waals surface area contributed by atoms with Crippen molar-refractivity contribution in [2.45, 2.75) is 25.8 Å². The quantitative estimate of drug-likeness (QED) is 0.862. The summed E-state index contributed by atoms with van der Waals surface area (Å²) in [4.78, 5) is 28.5. The summed E-state index contributed by atoms with van der Waals surface area (Å²) < 4.78 is 18.9. The summed E-state index contributed by atoms with van der Waals surface area (Å²) in [6, 6.07) is 8.18. The molecule has 5 nitrogen and oxygen atoms in total. The lowest BCUT2D eigenvalue weighted by Crippen LogP contribution is -2.40. The minimum absolute atomic E-state index is 0.0498. The van der Waals surface area contributed by atoms with E-state index in [0.29, 0.717) is 31.1 Å². The molecule has 0 radical (unpaired) electrons. The number of benzene rings is 1. The first-order valence-corrected chi connectivity index (χ1v) is 8.52. The van der Waals surface area contributed by atoms with Crippen molar-refractivity contribution >= 4 is 17.5 Å². The van der Waals surface area contributed by atoms with Gasteiger partial charge in [0.15, 0.2) is 0 Å². The molecule has 6 heteroatoms. The molecule has 0 bridgehead atoms. The fraction of sp³-hybridized carbons (Fsp3) is 0.368. The topological polar surface area (TPSA) is 53.8 Å². The molecule has 0 N–H and O–H groups in total. The number of carbonyl (C=O) groups excluding carboxylic acids is 2. The van der Waals surface area contributed by atoms with Gasteiger partial charge < -0.3 is 14.2 Å². The average Bonchev–Trinajstić information content (AvgIpc) is 3.24. The molecular weight excluding hydrogens is 323 g/mol. The molecule has 3 heterocycles. The number of aryl methyl sites for hydroxylation is 1. The zero-order chi connectivity index (χ0) is 17.4. The number of amides is 2. The average molecular weight is 342 g/mol. The van der Waals surface area contributed by atoms with E-state index < -0.39 is 5.92 Å². The standard InChI is InChI=1S/C19H19FN2O3/c20-15-6-5-13-3-1-7-22(17(13)10-15)19(24)14-9-18(23)21(11-14)12-16-4-2-8-25-16/h2,4-6,8,10,14H,1,3,7,9,11-12H2/t14-/m1/s1. The van der Waals surface area contributed by atoms with Gasteiger partial charge in [0.25, 0.3) is 0 Å². The van der Waals surface area contributed by atoms with Gasteiger partial charge in [-0.2, -0.15) is 0 Å². The minimum atomic E-state index is -0.392. The van der Waals surface area contributed by atoms with Crippen molar-refractivity contribution in [3.05, 3.63) is 53.7 Å². The highest BCUT2D eigenvalue weighted by Crippen LogP contribution is 2.31. The van der Waals surface area contributed by atoms with Gasteiger partial charge in [-0.15, -0.1) is 0 Å². The molecule has 130 valence electrons. The van der Waals surface area contributed by atoms with Crippen LogP contribution in [0.3, 0.4) is 0 Å². The molecule has 25 heavy (non-hydrogen) atoms. The summed E-state index contributed by atoms with van der Waals surface area (Å²) in [5, 5.41) is 0. The van der Waals surface area contributed by atoms with Gasteiger partial charge in [0.05, 0.1) is 18.7 Å². The summed E-state index contributed by atoms with van der Waals surface area (Å²) >= 11 is 0. The Kier molecular flexibility index (Phi) is 4.03. The second-order valence-corrected chi connectivity index (χ2v) is 6.62. The zero-order valence-electron chi connectivity index (χ0n) is 13.8. The van der Waals surface area contributed by atoms with E-state index in [9.17, 15) is 14.0 Å². The number of nitrogens with zero attached hydrogens (tertiary/aromatic N) is 2. The lowest BCUT2D eigenvalue weighted by atomic mass is 9.99. The predicted octanol–water partition coefficient (Wildman–Crippen LogP) is 2.75. The van der Waals surface area contributed by atoms with Gasteiger partial charge >= 0.3 is 0 Å². The van der Waals surface area contributed by atoms with Gasteiger partial charge in [0.1, 0.15) is 11.6 Å². The third kappa shape index (κ3) is 3.04. The SMILES string of the molecule is O=C1C[C@@H](C(=O)N2CCCc3ccc(F)cc32)CN1Cc1ccco1. The van der Waals surface area contributed by atoms with Gasteiger partial charge in [0.2, 0.25) is 11.8 Å². The first-order valence-electron chi connectivity index (χ1n) is 8.52. The van der Waals surface area contributed by atoms with Crippen molar-refractivity contribution in [1.29, 1.82) is 0 Å². The molecule has 4 rings (SSSR count). The Morgan fingerprint density at radius 3 is 3.00 bits per heavy atom. The van der Waals surface area contributed by atoms with Crippen molar-refractivity contribution in [3.8, 4) is 0 Å². The van der Waals surface area contributed by atoms with Crippen LogP contribution in [0.2, 0.25) is 0 Å². The smallest absolute Gasteiger partial charge is 0.232 e. The van der Waals surface area contributed by atoms with Crippen molar-refractivity contribution in [2.75, 3.05) is 18.0 Å². The van der Waals surface area contributed by atoms with Crippen LogP contribution in [0.4, 0.5) is 10.1 Å². The maximum atomic E-state index is 13.6. The van der Waals surface area contributed by atoms with E-state index in [1.807, 2.05) is 6.07 Å². The number of halogens is 1. The first-order chi connectivity index (χ1) is 12.1. The molecule has 1 aromatic carbocycles. The van der Waals surface area contributed by atoms with Crippen LogP contribution in [0, 0.1) is 11.7 Å². The van der Waals surface area contributed by atoms with E-state index in [4.69, 9.17) is 4.42 Å². The Morgan fingerprint density at radius 2 is 2.20 bits per heavy atom. The van der Waals surface area contributed by atoms with Crippen LogP contribution in [0.15, 0.2) is 41.0 Å². The van der Waals surface area contributed by atoms with Crippen LogP contribution < -0.4 is 4.90 Å². The second-order valence-electron chi connectivity index (χ2n) is 6.62. The predicted molar refractivity (Wildman–Crippen MR) is 89.3 cm³/mol. The van der Waals surface area contributed by atoms with Gasteiger partial charge in [-0.1, -0.05) is 6.07 Å². The normalized spacial score (nSPS) is 20.0. The third-order valence-corrected chi connectivity index (χ3v) is 4.92. The number of hydrogen-bond acceptors (Lipinski definition) is 3. The monoisotopic (exact) mass is 342 g/mol. The maximum absolute atomic E-state index is 13.6. The van der Waals surface area contributed by atoms with Crippen LogP contribution in [0.1, 0.15) is 24.2 Å². The Morgan fingerprint density at radius 1 is 1.32 bits per heavy atom. The lowest BCUT2D eigenvalue weighted by Gasteiger charge is -2.31. The number of fused-ring (bicyclic) bond motifs is 1. The number of likely N-dealkylation sites (tertiary alicyclic amines) is 1. The first kappa shape index (κ1) is 15.9. The van der Waals surface area contributed by atoms with Crippen molar-refractivity contribution in [2.24, 2.45) is 5.92 Å². The van der Waals surface area contributed by atoms with Crippen molar-refractivity contribution in [3.63, 3.8) is 0 Å². The number of anilines is 1. The second kappa shape index (κ2) is 6.35. The van der Waals surface area contributed by atoms with E-state index in [1.54, 1.807) is 28.2 Å². The van der Waals surface area contributed by atoms with E-state index in [1.165, 1.54) is 12.1 Å². The highest BCUT2D eigenvalue weighted by atomic mass is 19.1. The molecule has 2 aliphatic heterocycles. The zero-order valence-corrected chi connectivity index (χ0v) is 13.8. The molecule has 1 fully saturated rings. The molecular formula is C19H19FN2O3. The minimum Gasteiger partial charge on any atom is -0.467 e. The fourth-order valence-electron chi connectivity index (χ4n) is 3.68. The molecule has 2 aliphatic rings. The number of rotatable bonds is 3. The van der Waals surface area contributed by atoms with Gasteiger partial charge in [0, 0.05) is 25.2 Å². The summed E-state index contributed by atoms with van der Waals surface area (Å²) in [7, 11) is 0.